The highest BCUT2D eigenvalue weighted by Crippen LogP contribution is 2.19. The minimum absolute atomic E-state index is 0. The maximum atomic E-state index is 11.3. The van der Waals surface area contributed by atoms with Crippen LogP contribution in [-0.2, 0) is 16.0 Å². The van der Waals surface area contributed by atoms with Crippen LogP contribution in [0.1, 0.15) is 50.2 Å². The van der Waals surface area contributed by atoms with Crippen LogP contribution in [0.3, 0.4) is 0 Å². The van der Waals surface area contributed by atoms with Gasteiger partial charge in [0.1, 0.15) is 5.75 Å². The molecule has 1 aromatic carbocycles. The largest absolute Gasteiger partial charge is 0.496 e. The first-order chi connectivity index (χ1) is 13.1. The Morgan fingerprint density at radius 1 is 1.11 bits per heavy atom. The summed E-state index contributed by atoms with van der Waals surface area (Å²) in [5.41, 5.74) is 2.43. The van der Waals surface area contributed by atoms with Crippen LogP contribution in [0.2, 0.25) is 0 Å². The molecule has 6 nitrogen and oxygen atoms in total. The number of unbranched alkanes of at least 4 members (excludes halogenated alkanes) is 3. The second kappa shape index (κ2) is 16.4. The van der Waals surface area contributed by atoms with Gasteiger partial charge < -0.3 is 20.1 Å². The number of aryl methyl sites for hydroxylation is 1. The zero-order chi connectivity index (χ0) is 19.9. The van der Waals surface area contributed by atoms with E-state index in [0.29, 0.717) is 13.0 Å². The van der Waals surface area contributed by atoms with Crippen LogP contribution < -0.4 is 15.4 Å². The third-order valence-electron chi connectivity index (χ3n) is 4.25. The number of carbonyl (C=O) groups excluding carboxylic acids is 1. The Hall–Kier alpha value is -1.51. The number of benzene rings is 1. The number of aliphatic imine (C=N–C) groups is 1. The molecule has 0 amide bonds. The van der Waals surface area contributed by atoms with Crippen molar-refractivity contribution in [2.24, 2.45) is 4.99 Å². The van der Waals surface area contributed by atoms with Crippen LogP contribution in [0.25, 0.3) is 0 Å². The van der Waals surface area contributed by atoms with E-state index in [4.69, 9.17) is 9.47 Å². The van der Waals surface area contributed by atoms with E-state index < -0.39 is 0 Å². The van der Waals surface area contributed by atoms with Crippen LogP contribution in [0, 0.1) is 6.92 Å². The molecule has 0 radical (unpaired) electrons. The van der Waals surface area contributed by atoms with Crippen molar-refractivity contribution in [3.05, 3.63) is 29.3 Å². The average Bonchev–Trinajstić information content (AvgIpc) is 2.66. The Morgan fingerprint density at radius 3 is 2.50 bits per heavy atom. The lowest BCUT2D eigenvalue weighted by Crippen LogP contribution is -2.38. The molecule has 7 heteroatoms. The van der Waals surface area contributed by atoms with Gasteiger partial charge in [0.25, 0.3) is 0 Å². The van der Waals surface area contributed by atoms with Gasteiger partial charge in [-0.05, 0) is 44.7 Å². The lowest BCUT2D eigenvalue weighted by Gasteiger charge is -2.13. The van der Waals surface area contributed by atoms with Crippen molar-refractivity contribution >= 4 is 35.9 Å². The molecule has 0 aliphatic heterocycles. The number of nitrogens with one attached hydrogen (secondary N) is 2. The molecule has 1 rings (SSSR count). The number of hydrogen-bond donors (Lipinski definition) is 2. The van der Waals surface area contributed by atoms with Crippen molar-refractivity contribution < 1.29 is 14.3 Å². The first kappa shape index (κ1) is 26.5. The summed E-state index contributed by atoms with van der Waals surface area (Å²) < 4.78 is 10.3. The molecule has 0 aromatic heterocycles. The van der Waals surface area contributed by atoms with Gasteiger partial charge >= 0.3 is 5.97 Å². The van der Waals surface area contributed by atoms with Crippen molar-refractivity contribution in [3.8, 4) is 5.75 Å². The molecular weight excluding hydrogens is 469 g/mol. The van der Waals surface area contributed by atoms with Crippen molar-refractivity contribution in [3.63, 3.8) is 0 Å². The number of nitrogens with zero attached hydrogens (tertiary/aromatic N) is 1. The summed E-state index contributed by atoms with van der Waals surface area (Å²) in [6.07, 6.45) is 5.47. The fourth-order valence-corrected chi connectivity index (χ4v) is 2.83. The van der Waals surface area contributed by atoms with Gasteiger partial charge in [-0.3, -0.25) is 9.79 Å². The molecule has 0 bridgehead atoms. The number of esters is 1. The second-order valence-corrected chi connectivity index (χ2v) is 6.46. The minimum Gasteiger partial charge on any atom is -0.496 e. The van der Waals surface area contributed by atoms with Gasteiger partial charge in [-0.2, -0.15) is 0 Å². The summed E-state index contributed by atoms with van der Waals surface area (Å²) in [7, 11) is 3.48. The Bertz CT molecular complexity index is 594. The summed E-state index contributed by atoms with van der Waals surface area (Å²) >= 11 is 0. The number of ether oxygens (including phenoxy) is 2. The predicted molar refractivity (Wildman–Crippen MR) is 126 cm³/mol. The molecule has 0 spiro atoms. The van der Waals surface area contributed by atoms with E-state index in [2.05, 4.69) is 34.7 Å². The number of carbonyl (C=O) groups is 1. The Balaban J connectivity index is 0.00000729. The maximum Gasteiger partial charge on any atom is 0.305 e. The van der Waals surface area contributed by atoms with E-state index in [9.17, 15) is 4.79 Å². The highest BCUT2D eigenvalue weighted by Gasteiger charge is 2.04. The molecule has 0 fully saturated rings. The van der Waals surface area contributed by atoms with Crippen LogP contribution in [-0.4, -0.2) is 45.8 Å². The topological polar surface area (TPSA) is 72.0 Å². The summed E-state index contributed by atoms with van der Waals surface area (Å²) in [4.78, 5) is 15.5. The first-order valence-corrected chi connectivity index (χ1v) is 9.84. The molecule has 1 aromatic rings. The van der Waals surface area contributed by atoms with Gasteiger partial charge in [0, 0.05) is 26.6 Å². The van der Waals surface area contributed by atoms with Crippen molar-refractivity contribution in [2.75, 3.05) is 33.9 Å². The van der Waals surface area contributed by atoms with Crippen molar-refractivity contribution in [1.82, 2.24) is 10.6 Å². The van der Waals surface area contributed by atoms with Crippen LogP contribution in [0.15, 0.2) is 23.2 Å². The quantitative estimate of drug-likeness (QED) is 0.149. The van der Waals surface area contributed by atoms with Gasteiger partial charge in [-0.1, -0.05) is 30.5 Å². The van der Waals surface area contributed by atoms with Crippen LogP contribution >= 0.6 is 24.0 Å². The molecule has 0 unspecified atom stereocenters. The van der Waals surface area contributed by atoms with Gasteiger partial charge in [0.15, 0.2) is 5.96 Å². The van der Waals surface area contributed by atoms with Crippen LogP contribution in [0.4, 0.5) is 0 Å². The molecule has 2 N–H and O–H groups in total. The van der Waals surface area contributed by atoms with E-state index in [0.717, 1.165) is 56.9 Å². The summed E-state index contributed by atoms with van der Waals surface area (Å²) in [6, 6.07) is 6.23. The zero-order valence-corrected chi connectivity index (χ0v) is 20.0. The molecule has 0 saturated heterocycles. The fraction of sp³-hybridized carbons (Fsp3) is 0.619. The van der Waals surface area contributed by atoms with Crippen molar-refractivity contribution in [1.29, 1.82) is 0 Å². The fourth-order valence-electron chi connectivity index (χ4n) is 2.83. The number of halogens is 1. The highest BCUT2D eigenvalue weighted by atomic mass is 127. The average molecular weight is 505 g/mol. The van der Waals surface area contributed by atoms with Gasteiger partial charge in [0.05, 0.1) is 13.7 Å². The number of hydrogen-bond acceptors (Lipinski definition) is 4. The Labute approximate surface area is 186 Å². The minimum atomic E-state index is -0.0922. The number of rotatable bonds is 12. The van der Waals surface area contributed by atoms with E-state index in [-0.39, 0.29) is 29.9 Å². The lowest BCUT2D eigenvalue weighted by atomic mass is 10.1. The SMILES string of the molecule is CCOC(=O)CCCCCCNC(=NC)NCCc1cc(C)ccc1OC.I. The zero-order valence-electron chi connectivity index (χ0n) is 17.7. The van der Waals surface area contributed by atoms with E-state index >= 15 is 0 Å². The molecular formula is C21H36IN3O3. The molecule has 0 atom stereocenters. The van der Waals surface area contributed by atoms with E-state index in [1.165, 1.54) is 11.1 Å². The summed E-state index contributed by atoms with van der Waals surface area (Å²) in [6.45, 7) is 6.04. The third-order valence-corrected chi connectivity index (χ3v) is 4.25. The van der Waals surface area contributed by atoms with Gasteiger partial charge in [-0.25, -0.2) is 0 Å². The number of guanidine groups is 1. The Morgan fingerprint density at radius 2 is 1.82 bits per heavy atom. The normalized spacial score (nSPS) is 10.8. The standard InChI is InChI=1S/C21H35N3O3.HI/c1-5-27-20(25)10-8-6-7-9-14-23-21(22-3)24-15-13-18-16-17(2)11-12-19(18)26-4;/h11-12,16H,5-10,13-15H2,1-4H3,(H2,22,23,24);1H. The molecule has 28 heavy (non-hydrogen) atoms. The lowest BCUT2D eigenvalue weighted by molar-refractivity contribution is -0.143. The molecule has 160 valence electrons. The van der Waals surface area contributed by atoms with Crippen molar-refractivity contribution in [2.45, 2.75) is 52.4 Å². The predicted octanol–water partition coefficient (Wildman–Crippen LogP) is 3.84. The van der Waals surface area contributed by atoms with E-state index in [1.807, 2.05) is 13.0 Å². The summed E-state index contributed by atoms with van der Waals surface area (Å²) in [5.74, 6) is 1.65. The molecule has 0 saturated carbocycles. The van der Waals surface area contributed by atoms with Gasteiger partial charge in [0.2, 0.25) is 0 Å². The molecule has 0 aliphatic rings. The van der Waals surface area contributed by atoms with E-state index in [1.54, 1.807) is 14.2 Å². The highest BCUT2D eigenvalue weighted by molar-refractivity contribution is 14.0. The smallest absolute Gasteiger partial charge is 0.305 e. The maximum absolute atomic E-state index is 11.3. The second-order valence-electron chi connectivity index (χ2n) is 6.46. The summed E-state index contributed by atoms with van der Waals surface area (Å²) in [5, 5.41) is 6.67. The first-order valence-electron chi connectivity index (χ1n) is 9.84. The van der Waals surface area contributed by atoms with Crippen LogP contribution in [0.5, 0.6) is 5.75 Å². The molecule has 0 aliphatic carbocycles. The van der Waals surface area contributed by atoms with Gasteiger partial charge in [-0.15, -0.1) is 24.0 Å². The monoisotopic (exact) mass is 505 g/mol. The Kier molecular flexibility index (Phi) is 15.6. The number of methoxy groups -OCH3 is 1. The molecule has 0 heterocycles. The third kappa shape index (κ3) is 11.4.